The van der Waals surface area contributed by atoms with Gasteiger partial charge in [0, 0.05) is 23.9 Å². The van der Waals surface area contributed by atoms with Gasteiger partial charge in [0.25, 0.3) is 0 Å². The number of imidazole rings is 1. The Morgan fingerprint density at radius 2 is 2.18 bits per heavy atom. The molecule has 2 heterocycles. The largest absolute Gasteiger partial charge is 0.331 e. The predicted molar refractivity (Wildman–Crippen MR) is 71.3 cm³/mol. The number of nitrogens with zero attached hydrogens (tertiary/aromatic N) is 2. The van der Waals surface area contributed by atoms with E-state index in [1.807, 2.05) is 6.33 Å². The molecule has 0 bridgehead atoms. The standard InChI is InChI=1S/C14H25N3/c1-3-12(4-2)14-10-16-11-17(14)13-6-5-8-15-9-7-13/h10-13,15H,3-9H2,1-2H3. The summed E-state index contributed by atoms with van der Waals surface area (Å²) in [5, 5.41) is 3.48. The van der Waals surface area contributed by atoms with Crippen LogP contribution in [0.2, 0.25) is 0 Å². The molecule has 1 unspecified atom stereocenters. The molecule has 3 heteroatoms. The maximum atomic E-state index is 4.39. The SMILES string of the molecule is CCC(CC)c1cncn1C1CCCNCC1. The van der Waals surface area contributed by atoms with Crippen LogP contribution in [-0.2, 0) is 0 Å². The minimum absolute atomic E-state index is 0.656. The van der Waals surface area contributed by atoms with E-state index in [4.69, 9.17) is 0 Å². The molecule has 1 saturated heterocycles. The Balaban J connectivity index is 2.16. The molecule has 0 spiro atoms. The average molecular weight is 235 g/mol. The molecule has 1 aliphatic heterocycles. The zero-order valence-corrected chi connectivity index (χ0v) is 11.2. The first-order chi connectivity index (χ1) is 8.36. The molecule has 0 saturated carbocycles. The van der Waals surface area contributed by atoms with E-state index < -0.39 is 0 Å². The fourth-order valence-corrected chi connectivity index (χ4v) is 2.92. The zero-order valence-electron chi connectivity index (χ0n) is 11.2. The van der Waals surface area contributed by atoms with E-state index in [1.165, 1.54) is 44.3 Å². The highest BCUT2D eigenvalue weighted by Crippen LogP contribution is 2.28. The number of hydrogen-bond donors (Lipinski definition) is 1. The summed E-state index contributed by atoms with van der Waals surface area (Å²) in [6.07, 6.45) is 10.4. The van der Waals surface area contributed by atoms with Crippen molar-refractivity contribution in [1.82, 2.24) is 14.9 Å². The number of nitrogens with one attached hydrogen (secondary N) is 1. The smallest absolute Gasteiger partial charge is 0.0950 e. The van der Waals surface area contributed by atoms with Gasteiger partial charge < -0.3 is 9.88 Å². The Morgan fingerprint density at radius 3 is 2.94 bits per heavy atom. The summed E-state index contributed by atoms with van der Waals surface area (Å²) >= 11 is 0. The highest BCUT2D eigenvalue weighted by molar-refractivity contribution is 5.07. The van der Waals surface area contributed by atoms with E-state index in [-0.39, 0.29) is 0 Å². The van der Waals surface area contributed by atoms with Gasteiger partial charge >= 0.3 is 0 Å². The zero-order chi connectivity index (χ0) is 12.1. The third kappa shape index (κ3) is 2.89. The van der Waals surface area contributed by atoms with Crippen molar-refractivity contribution in [3.63, 3.8) is 0 Å². The van der Waals surface area contributed by atoms with Crippen molar-refractivity contribution in [2.45, 2.75) is 57.9 Å². The van der Waals surface area contributed by atoms with Gasteiger partial charge in [0.05, 0.1) is 6.33 Å². The average Bonchev–Trinajstić information content (AvgIpc) is 2.66. The van der Waals surface area contributed by atoms with Crippen LogP contribution in [0, 0.1) is 0 Å². The van der Waals surface area contributed by atoms with Crippen molar-refractivity contribution in [3.8, 4) is 0 Å². The summed E-state index contributed by atoms with van der Waals surface area (Å²) in [5.41, 5.74) is 1.45. The molecule has 1 atom stereocenters. The van der Waals surface area contributed by atoms with Gasteiger partial charge in [-0.15, -0.1) is 0 Å². The van der Waals surface area contributed by atoms with Crippen LogP contribution in [0.15, 0.2) is 12.5 Å². The van der Waals surface area contributed by atoms with Crippen LogP contribution >= 0.6 is 0 Å². The van der Waals surface area contributed by atoms with Crippen LogP contribution in [0.25, 0.3) is 0 Å². The predicted octanol–water partition coefficient (Wildman–Crippen LogP) is 3.10. The molecule has 0 aromatic carbocycles. The van der Waals surface area contributed by atoms with Crippen LogP contribution in [0.3, 0.4) is 0 Å². The summed E-state index contributed by atoms with van der Waals surface area (Å²) in [5.74, 6) is 0.675. The van der Waals surface area contributed by atoms with Crippen molar-refractivity contribution in [3.05, 3.63) is 18.2 Å². The minimum Gasteiger partial charge on any atom is -0.331 e. The van der Waals surface area contributed by atoms with Gasteiger partial charge in [-0.05, 0) is 45.2 Å². The molecule has 0 radical (unpaired) electrons. The van der Waals surface area contributed by atoms with Crippen LogP contribution in [0.1, 0.15) is 63.6 Å². The van der Waals surface area contributed by atoms with Crippen LogP contribution < -0.4 is 5.32 Å². The number of aromatic nitrogens is 2. The van der Waals surface area contributed by atoms with E-state index in [1.54, 1.807) is 0 Å². The van der Waals surface area contributed by atoms with Crippen LogP contribution in [0.5, 0.6) is 0 Å². The van der Waals surface area contributed by atoms with Crippen LogP contribution in [-0.4, -0.2) is 22.6 Å². The van der Waals surface area contributed by atoms with Crippen molar-refractivity contribution < 1.29 is 0 Å². The lowest BCUT2D eigenvalue weighted by Gasteiger charge is -2.22. The fraction of sp³-hybridized carbons (Fsp3) is 0.786. The Labute approximate surface area is 105 Å². The first kappa shape index (κ1) is 12.6. The molecule has 2 rings (SSSR count). The van der Waals surface area contributed by atoms with Gasteiger partial charge in [-0.25, -0.2) is 4.98 Å². The topological polar surface area (TPSA) is 29.9 Å². The van der Waals surface area contributed by atoms with Gasteiger partial charge in [0.15, 0.2) is 0 Å². The first-order valence-corrected chi connectivity index (χ1v) is 7.09. The van der Waals surface area contributed by atoms with E-state index in [9.17, 15) is 0 Å². The third-order valence-corrected chi connectivity index (χ3v) is 4.04. The molecule has 1 fully saturated rings. The molecule has 1 aromatic rings. The monoisotopic (exact) mass is 235 g/mol. The fourth-order valence-electron chi connectivity index (χ4n) is 2.92. The second-order valence-electron chi connectivity index (χ2n) is 5.07. The van der Waals surface area contributed by atoms with Gasteiger partial charge in [-0.1, -0.05) is 13.8 Å². The molecule has 0 aliphatic carbocycles. The van der Waals surface area contributed by atoms with Gasteiger partial charge in [-0.3, -0.25) is 0 Å². The Bertz CT molecular complexity index is 320. The summed E-state index contributed by atoms with van der Waals surface area (Å²) in [6, 6.07) is 0.656. The second kappa shape index (κ2) is 6.20. The lowest BCUT2D eigenvalue weighted by atomic mass is 9.98. The first-order valence-electron chi connectivity index (χ1n) is 7.09. The molecular weight excluding hydrogens is 210 g/mol. The highest BCUT2D eigenvalue weighted by atomic mass is 15.1. The normalized spacial score (nSPS) is 21.7. The van der Waals surface area contributed by atoms with Crippen molar-refractivity contribution >= 4 is 0 Å². The Morgan fingerprint density at radius 1 is 1.35 bits per heavy atom. The third-order valence-electron chi connectivity index (χ3n) is 4.04. The number of hydrogen-bond acceptors (Lipinski definition) is 2. The van der Waals surface area contributed by atoms with Gasteiger partial charge in [0.1, 0.15) is 0 Å². The van der Waals surface area contributed by atoms with Gasteiger partial charge in [-0.2, -0.15) is 0 Å². The molecule has 1 aromatic heterocycles. The summed E-state index contributed by atoms with van der Waals surface area (Å²) in [4.78, 5) is 4.39. The highest BCUT2D eigenvalue weighted by Gasteiger charge is 2.19. The molecule has 0 amide bonds. The molecule has 1 aliphatic rings. The molecule has 3 nitrogen and oxygen atoms in total. The van der Waals surface area contributed by atoms with Crippen molar-refractivity contribution in [2.75, 3.05) is 13.1 Å². The van der Waals surface area contributed by atoms with Crippen molar-refractivity contribution in [2.24, 2.45) is 0 Å². The number of rotatable bonds is 4. The summed E-state index contributed by atoms with van der Waals surface area (Å²) in [6.45, 7) is 6.87. The minimum atomic E-state index is 0.656. The molecule has 96 valence electrons. The Hall–Kier alpha value is -0.830. The van der Waals surface area contributed by atoms with E-state index in [2.05, 4.69) is 34.9 Å². The van der Waals surface area contributed by atoms with Gasteiger partial charge in [0.2, 0.25) is 0 Å². The quantitative estimate of drug-likeness (QED) is 0.869. The summed E-state index contributed by atoms with van der Waals surface area (Å²) < 4.78 is 2.45. The molecule has 17 heavy (non-hydrogen) atoms. The Kier molecular flexibility index (Phi) is 4.60. The molecule has 1 N–H and O–H groups in total. The summed E-state index contributed by atoms with van der Waals surface area (Å²) in [7, 11) is 0. The van der Waals surface area contributed by atoms with Crippen LogP contribution in [0.4, 0.5) is 0 Å². The second-order valence-corrected chi connectivity index (χ2v) is 5.07. The maximum absolute atomic E-state index is 4.39. The van der Waals surface area contributed by atoms with E-state index in [0.29, 0.717) is 12.0 Å². The lowest BCUT2D eigenvalue weighted by molar-refractivity contribution is 0.425. The lowest BCUT2D eigenvalue weighted by Crippen LogP contribution is -2.16. The van der Waals surface area contributed by atoms with Crippen molar-refractivity contribution in [1.29, 1.82) is 0 Å². The van der Waals surface area contributed by atoms with E-state index in [0.717, 1.165) is 6.54 Å². The van der Waals surface area contributed by atoms with E-state index >= 15 is 0 Å². The maximum Gasteiger partial charge on any atom is 0.0950 e. The molecular formula is C14H25N3.